The Bertz CT molecular complexity index is 1270. The molecule has 148 valence electrons. The molecular weight excluding hydrogens is 390 g/mol. The van der Waals surface area contributed by atoms with Gasteiger partial charge >= 0.3 is 6.18 Å². The summed E-state index contributed by atoms with van der Waals surface area (Å²) in [5.41, 5.74) is -0.687. The number of hydrogen-bond donors (Lipinski definition) is 0. The fraction of sp³-hybridized carbons (Fsp3) is 0.150. The molecule has 2 heterocycles. The highest BCUT2D eigenvalue weighted by Crippen LogP contribution is 2.32. The van der Waals surface area contributed by atoms with E-state index in [4.69, 9.17) is 4.52 Å². The van der Waals surface area contributed by atoms with Gasteiger partial charge in [-0.15, -0.1) is 0 Å². The summed E-state index contributed by atoms with van der Waals surface area (Å²) in [5, 5.41) is 3.85. The average Bonchev–Trinajstić information content (AvgIpc) is 3.18. The Morgan fingerprint density at radius 1 is 1.14 bits per heavy atom. The minimum Gasteiger partial charge on any atom is -0.347 e. The Balaban J connectivity index is 1.84. The number of alkyl halides is 3. The molecule has 0 saturated carbocycles. The molecule has 0 N–H and O–H groups in total. The fourth-order valence-corrected chi connectivity index (χ4v) is 3.07. The third-order valence-corrected chi connectivity index (χ3v) is 4.49. The molecule has 0 aliphatic heterocycles. The Labute approximate surface area is 161 Å². The zero-order valence-electron chi connectivity index (χ0n) is 15.0. The molecule has 0 unspecified atom stereocenters. The van der Waals surface area contributed by atoms with Crippen molar-refractivity contribution in [1.29, 1.82) is 0 Å². The molecule has 0 aliphatic carbocycles. The maximum absolute atomic E-state index is 13.7. The van der Waals surface area contributed by atoms with Gasteiger partial charge in [0.25, 0.3) is 5.89 Å². The highest BCUT2D eigenvalue weighted by atomic mass is 19.4. The molecule has 0 amide bonds. The van der Waals surface area contributed by atoms with E-state index >= 15 is 0 Å². The van der Waals surface area contributed by atoms with Crippen molar-refractivity contribution in [1.82, 2.24) is 14.7 Å². The van der Waals surface area contributed by atoms with Crippen LogP contribution in [0.15, 0.2) is 58.0 Å². The first-order chi connectivity index (χ1) is 13.8. The second-order valence-electron chi connectivity index (χ2n) is 6.32. The molecule has 0 saturated heterocycles. The van der Waals surface area contributed by atoms with Gasteiger partial charge in [0.1, 0.15) is 11.4 Å². The largest absolute Gasteiger partial charge is 0.416 e. The lowest BCUT2D eigenvalue weighted by Gasteiger charge is -2.09. The summed E-state index contributed by atoms with van der Waals surface area (Å²) < 4.78 is 59.3. The number of fused-ring (bicyclic) bond motifs is 1. The number of aryl methyl sites for hydroxylation is 1. The van der Waals surface area contributed by atoms with Gasteiger partial charge in [0.15, 0.2) is 0 Å². The number of benzene rings is 2. The van der Waals surface area contributed by atoms with E-state index in [-0.39, 0.29) is 28.2 Å². The number of nitrogens with zero attached hydrogens (tertiary/aromatic N) is 3. The summed E-state index contributed by atoms with van der Waals surface area (Å²) in [6.07, 6.45) is -3.01. The van der Waals surface area contributed by atoms with Gasteiger partial charge in [-0.2, -0.15) is 18.2 Å². The molecule has 4 rings (SSSR count). The molecule has 4 aromatic rings. The van der Waals surface area contributed by atoms with E-state index in [1.807, 2.05) is 6.92 Å². The number of pyridine rings is 1. The van der Waals surface area contributed by atoms with E-state index in [9.17, 15) is 22.4 Å². The van der Waals surface area contributed by atoms with Crippen molar-refractivity contribution in [2.45, 2.75) is 19.6 Å². The maximum Gasteiger partial charge on any atom is 0.416 e. The highest BCUT2D eigenvalue weighted by Gasteiger charge is 2.31. The molecule has 5 nitrogen and oxygen atoms in total. The molecule has 0 radical (unpaired) electrons. The van der Waals surface area contributed by atoms with Crippen LogP contribution in [0.4, 0.5) is 17.6 Å². The van der Waals surface area contributed by atoms with E-state index in [1.165, 1.54) is 30.5 Å². The van der Waals surface area contributed by atoms with Crippen molar-refractivity contribution < 1.29 is 22.1 Å². The zero-order chi connectivity index (χ0) is 20.8. The lowest BCUT2D eigenvalue weighted by Crippen LogP contribution is -2.12. The van der Waals surface area contributed by atoms with Crippen LogP contribution >= 0.6 is 0 Å². The van der Waals surface area contributed by atoms with E-state index in [2.05, 4.69) is 10.1 Å². The van der Waals surface area contributed by atoms with Gasteiger partial charge in [0.05, 0.1) is 11.1 Å². The number of rotatable bonds is 3. The van der Waals surface area contributed by atoms with Crippen LogP contribution < -0.4 is 5.43 Å². The standard InChI is InChI=1S/C20H13F4N3O2/c1-2-27-10-15(17(28)14-9-13(21)6-7-16(14)27)19-25-18(26-29-19)11-4-3-5-12(8-11)20(22,23)24/h3-10H,2H2,1H3. The molecule has 2 aromatic carbocycles. The van der Waals surface area contributed by atoms with Crippen LogP contribution in [0, 0.1) is 5.82 Å². The smallest absolute Gasteiger partial charge is 0.347 e. The van der Waals surface area contributed by atoms with Crippen molar-refractivity contribution in [3.63, 3.8) is 0 Å². The molecule has 2 aromatic heterocycles. The number of hydrogen-bond acceptors (Lipinski definition) is 4. The van der Waals surface area contributed by atoms with Gasteiger partial charge in [0.2, 0.25) is 11.3 Å². The molecule has 0 atom stereocenters. The third-order valence-electron chi connectivity index (χ3n) is 4.49. The Morgan fingerprint density at radius 2 is 1.93 bits per heavy atom. The van der Waals surface area contributed by atoms with E-state index < -0.39 is 23.0 Å². The van der Waals surface area contributed by atoms with E-state index in [0.717, 1.165) is 18.2 Å². The molecule has 29 heavy (non-hydrogen) atoms. The lowest BCUT2D eigenvalue weighted by molar-refractivity contribution is -0.137. The van der Waals surface area contributed by atoms with Gasteiger partial charge in [0, 0.05) is 23.7 Å². The summed E-state index contributed by atoms with van der Waals surface area (Å²) in [7, 11) is 0. The molecule has 9 heteroatoms. The highest BCUT2D eigenvalue weighted by molar-refractivity contribution is 5.83. The van der Waals surface area contributed by atoms with Crippen molar-refractivity contribution in [3.8, 4) is 22.8 Å². The van der Waals surface area contributed by atoms with Crippen molar-refractivity contribution >= 4 is 10.9 Å². The normalized spacial score (nSPS) is 11.9. The monoisotopic (exact) mass is 403 g/mol. The number of halogens is 4. The van der Waals surface area contributed by atoms with Gasteiger partial charge < -0.3 is 9.09 Å². The Kier molecular flexibility index (Phi) is 4.45. The molecule has 0 aliphatic rings. The first-order valence-corrected chi connectivity index (χ1v) is 8.62. The predicted molar refractivity (Wildman–Crippen MR) is 97.6 cm³/mol. The lowest BCUT2D eigenvalue weighted by atomic mass is 10.1. The van der Waals surface area contributed by atoms with Gasteiger partial charge in [-0.3, -0.25) is 4.79 Å². The Hall–Kier alpha value is -3.49. The molecule has 0 bridgehead atoms. The summed E-state index contributed by atoms with van der Waals surface area (Å²) >= 11 is 0. The van der Waals surface area contributed by atoms with Crippen LogP contribution in [-0.2, 0) is 12.7 Å². The first-order valence-electron chi connectivity index (χ1n) is 8.62. The van der Waals surface area contributed by atoms with Crippen LogP contribution in [0.2, 0.25) is 0 Å². The average molecular weight is 403 g/mol. The summed E-state index contributed by atoms with van der Waals surface area (Å²) in [5.74, 6) is -0.812. The minimum atomic E-state index is -4.51. The summed E-state index contributed by atoms with van der Waals surface area (Å²) in [6, 6.07) is 8.35. The van der Waals surface area contributed by atoms with Crippen LogP contribution in [0.25, 0.3) is 33.7 Å². The second-order valence-corrected chi connectivity index (χ2v) is 6.32. The molecular formula is C20H13F4N3O2. The SMILES string of the molecule is CCn1cc(-c2nc(-c3cccc(C(F)(F)F)c3)no2)c(=O)c2cc(F)ccc21. The topological polar surface area (TPSA) is 60.9 Å². The molecule has 0 spiro atoms. The first kappa shape index (κ1) is 18.9. The van der Waals surface area contributed by atoms with Crippen LogP contribution in [0.1, 0.15) is 12.5 Å². The summed E-state index contributed by atoms with van der Waals surface area (Å²) in [4.78, 5) is 16.9. The van der Waals surface area contributed by atoms with Gasteiger partial charge in [-0.1, -0.05) is 17.3 Å². The minimum absolute atomic E-state index is 0.0377. The second kappa shape index (κ2) is 6.84. The number of aromatic nitrogens is 3. The van der Waals surface area contributed by atoms with Crippen molar-refractivity contribution in [3.05, 3.63) is 70.3 Å². The Morgan fingerprint density at radius 3 is 2.66 bits per heavy atom. The van der Waals surface area contributed by atoms with Crippen LogP contribution in [0.3, 0.4) is 0 Å². The third kappa shape index (κ3) is 3.39. The van der Waals surface area contributed by atoms with Gasteiger partial charge in [-0.05, 0) is 37.3 Å². The quantitative estimate of drug-likeness (QED) is 0.457. The maximum atomic E-state index is 13.7. The van der Waals surface area contributed by atoms with Gasteiger partial charge in [-0.25, -0.2) is 4.39 Å². The van der Waals surface area contributed by atoms with Crippen molar-refractivity contribution in [2.24, 2.45) is 0 Å². The molecule has 0 fully saturated rings. The zero-order valence-corrected chi connectivity index (χ0v) is 15.0. The fourth-order valence-electron chi connectivity index (χ4n) is 3.07. The van der Waals surface area contributed by atoms with E-state index in [0.29, 0.717) is 12.1 Å². The summed E-state index contributed by atoms with van der Waals surface area (Å²) in [6.45, 7) is 2.34. The van der Waals surface area contributed by atoms with E-state index in [1.54, 1.807) is 4.57 Å². The van der Waals surface area contributed by atoms with Crippen LogP contribution in [-0.4, -0.2) is 14.7 Å². The van der Waals surface area contributed by atoms with Crippen molar-refractivity contribution in [2.75, 3.05) is 0 Å². The van der Waals surface area contributed by atoms with Crippen LogP contribution in [0.5, 0.6) is 0 Å². The predicted octanol–water partition coefficient (Wildman–Crippen LogP) is 4.90.